The molecule has 2 aliphatic rings. The Labute approximate surface area is 193 Å². The van der Waals surface area contributed by atoms with E-state index in [1.165, 1.54) is 14.2 Å². The highest BCUT2D eigenvalue weighted by molar-refractivity contribution is 6.12. The van der Waals surface area contributed by atoms with Gasteiger partial charge in [0, 0.05) is 30.0 Å². The molecule has 0 saturated heterocycles. The zero-order chi connectivity index (χ0) is 24.1. The van der Waals surface area contributed by atoms with Crippen LogP contribution < -0.4 is 10.1 Å². The van der Waals surface area contributed by atoms with Gasteiger partial charge in [-0.05, 0) is 43.9 Å². The summed E-state index contributed by atoms with van der Waals surface area (Å²) in [5.41, 5.74) is 2.75. The summed E-state index contributed by atoms with van der Waals surface area (Å²) < 4.78 is 21.0. The van der Waals surface area contributed by atoms with E-state index in [0.717, 1.165) is 0 Å². The highest BCUT2D eigenvalue weighted by Crippen LogP contribution is 2.45. The Morgan fingerprint density at radius 1 is 1.18 bits per heavy atom. The molecule has 33 heavy (non-hydrogen) atoms. The van der Waals surface area contributed by atoms with Crippen molar-refractivity contribution < 1.29 is 33.3 Å². The van der Waals surface area contributed by atoms with Crippen LogP contribution in [0.5, 0.6) is 5.75 Å². The van der Waals surface area contributed by atoms with Crippen molar-refractivity contribution in [2.75, 3.05) is 34.0 Å². The molecular weight excluding hydrogens is 426 g/mol. The minimum atomic E-state index is -0.933. The van der Waals surface area contributed by atoms with E-state index in [2.05, 4.69) is 5.32 Å². The number of allylic oxidation sites excluding steroid dienone is 3. The molecule has 1 heterocycles. The smallest absolute Gasteiger partial charge is 0.336 e. The minimum Gasteiger partial charge on any atom is -0.494 e. The van der Waals surface area contributed by atoms with Crippen molar-refractivity contribution in [2.45, 2.75) is 33.1 Å². The van der Waals surface area contributed by atoms with Gasteiger partial charge in [-0.1, -0.05) is 19.1 Å². The lowest BCUT2D eigenvalue weighted by Gasteiger charge is -2.38. The van der Waals surface area contributed by atoms with Crippen LogP contribution in [0.15, 0.2) is 46.8 Å². The van der Waals surface area contributed by atoms with Crippen molar-refractivity contribution >= 4 is 17.7 Å². The molecule has 0 aromatic heterocycles. The number of esters is 2. The molecule has 0 unspecified atom stereocenters. The lowest BCUT2D eigenvalue weighted by molar-refractivity contribution is -0.151. The van der Waals surface area contributed by atoms with Gasteiger partial charge in [0.25, 0.3) is 0 Å². The fourth-order valence-corrected chi connectivity index (χ4v) is 4.53. The van der Waals surface area contributed by atoms with Gasteiger partial charge in [-0.25, -0.2) is 4.79 Å². The average Bonchev–Trinajstić information content (AvgIpc) is 2.78. The first-order valence-corrected chi connectivity index (χ1v) is 11.1. The third kappa shape index (κ3) is 4.95. The average molecular weight is 458 g/mol. The molecule has 0 bridgehead atoms. The van der Waals surface area contributed by atoms with Crippen LogP contribution in [-0.2, 0) is 28.6 Å². The first-order chi connectivity index (χ1) is 15.8. The van der Waals surface area contributed by atoms with Crippen LogP contribution in [0.25, 0.3) is 0 Å². The van der Waals surface area contributed by atoms with Gasteiger partial charge in [0.05, 0.1) is 25.9 Å². The third-order valence-corrected chi connectivity index (χ3v) is 5.99. The van der Waals surface area contributed by atoms with Gasteiger partial charge in [-0.15, -0.1) is 0 Å². The largest absolute Gasteiger partial charge is 0.494 e. The second-order valence-corrected chi connectivity index (χ2v) is 8.17. The van der Waals surface area contributed by atoms with Crippen LogP contribution in [-0.4, -0.2) is 51.8 Å². The number of hydrogen-bond donors (Lipinski definition) is 1. The molecule has 1 aliphatic heterocycles. The van der Waals surface area contributed by atoms with Gasteiger partial charge >= 0.3 is 11.9 Å². The molecule has 0 radical (unpaired) electrons. The molecule has 1 aromatic rings. The molecule has 1 N–H and O–H groups in total. The molecule has 1 aliphatic carbocycles. The number of carbonyl (C=O) groups excluding carboxylic acids is 3. The Morgan fingerprint density at radius 2 is 1.94 bits per heavy atom. The molecule has 8 nitrogen and oxygen atoms in total. The monoisotopic (exact) mass is 457 g/mol. The highest BCUT2D eigenvalue weighted by Gasteiger charge is 2.47. The number of carbonyl (C=O) groups is 3. The summed E-state index contributed by atoms with van der Waals surface area (Å²) in [4.78, 5) is 39.3. The summed E-state index contributed by atoms with van der Waals surface area (Å²) in [6.07, 6.45) is 0.478. The van der Waals surface area contributed by atoms with Crippen LogP contribution in [0.3, 0.4) is 0 Å². The summed E-state index contributed by atoms with van der Waals surface area (Å²) in [6, 6.07) is 7.30. The molecule has 0 saturated carbocycles. The standard InChI is InChI=1S/C25H31NO7/c1-6-32-17-9-7-8-16(13-17)21-20(25(29)33-11-10-30-4)15(3)26-18-12-14(2)19(24(28)31-5)23(27)22(18)21/h7-9,13-14,19,21,26H,6,10-12H2,1-5H3/t14-,19-,21-/m1/s1. The number of ketones is 1. The minimum absolute atomic E-state index is 0.0828. The van der Waals surface area contributed by atoms with E-state index in [0.29, 0.717) is 46.9 Å². The number of nitrogens with one attached hydrogen (secondary N) is 1. The molecule has 0 fully saturated rings. The van der Waals surface area contributed by atoms with E-state index in [9.17, 15) is 14.4 Å². The lowest BCUT2D eigenvalue weighted by Crippen LogP contribution is -2.43. The molecule has 8 heteroatoms. The van der Waals surface area contributed by atoms with Gasteiger partial charge in [0.15, 0.2) is 5.78 Å². The molecule has 0 amide bonds. The van der Waals surface area contributed by atoms with Crippen molar-refractivity contribution in [1.82, 2.24) is 5.32 Å². The Bertz CT molecular complexity index is 994. The first-order valence-electron chi connectivity index (χ1n) is 11.1. The number of rotatable bonds is 8. The van der Waals surface area contributed by atoms with Crippen molar-refractivity contribution in [2.24, 2.45) is 11.8 Å². The van der Waals surface area contributed by atoms with E-state index in [4.69, 9.17) is 18.9 Å². The molecule has 178 valence electrons. The number of Topliss-reactive ketones (excluding diaryl/α,β-unsaturated/α-hetero) is 1. The molecular formula is C25H31NO7. The summed E-state index contributed by atoms with van der Waals surface area (Å²) in [5, 5.41) is 3.24. The zero-order valence-electron chi connectivity index (χ0n) is 19.7. The first kappa shape index (κ1) is 24.5. The van der Waals surface area contributed by atoms with E-state index in [-0.39, 0.29) is 24.9 Å². The predicted octanol–water partition coefficient (Wildman–Crippen LogP) is 2.89. The van der Waals surface area contributed by atoms with Gasteiger partial charge in [-0.2, -0.15) is 0 Å². The van der Waals surface area contributed by atoms with Crippen LogP contribution in [0.1, 0.15) is 38.7 Å². The van der Waals surface area contributed by atoms with Crippen LogP contribution in [0.2, 0.25) is 0 Å². The number of dihydropyridines is 1. The van der Waals surface area contributed by atoms with E-state index >= 15 is 0 Å². The number of hydrogen-bond acceptors (Lipinski definition) is 8. The van der Waals surface area contributed by atoms with Crippen LogP contribution in [0.4, 0.5) is 0 Å². The fraction of sp³-hybridized carbons (Fsp3) is 0.480. The van der Waals surface area contributed by atoms with Crippen LogP contribution >= 0.6 is 0 Å². The normalized spacial score (nSPS) is 22.5. The van der Waals surface area contributed by atoms with Crippen molar-refractivity contribution in [3.63, 3.8) is 0 Å². The number of methoxy groups -OCH3 is 2. The lowest BCUT2D eigenvalue weighted by atomic mass is 9.69. The topological polar surface area (TPSA) is 100 Å². The maximum absolute atomic E-state index is 13.7. The predicted molar refractivity (Wildman–Crippen MR) is 120 cm³/mol. The fourth-order valence-electron chi connectivity index (χ4n) is 4.53. The van der Waals surface area contributed by atoms with E-state index in [1.807, 2.05) is 38.1 Å². The van der Waals surface area contributed by atoms with Gasteiger partial charge < -0.3 is 24.3 Å². The molecule has 3 atom stereocenters. The quantitative estimate of drug-likeness (QED) is 0.361. The molecule has 0 spiro atoms. The summed E-state index contributed by atoms with van der Waals surface area (Å²) >= 11 is 0. The van der Waals surface area contributed by atoms with Gasteiger partial charge in [0.2, 0.25) is 0 Å². The van der Waals surface area contributed by atoms with E-state index in [1.54, 1.807) is 6.92 Å². The second kappa shape index (κ2) is 10.7. The summed E-state index contributed by atoms with van der Waals surface area (Å²) in [5.74, 6) is -2.71. The SMILES string of the molecule is CCOc1cccc([C@@H]2C(C(=O)OCCOC)=C(C)NC3=C2C(=O)[C@H](C(=O)OC)[C@H](C)C3)c1. The van der Waals surface area contributed by atoms with Crippen LogP contribution in [0, 0.1) is 11.8 Å². The summed E-state index contributed by atoms with van der Waals surface area (Å²) in [7, 11) is 2.80. The van der Waals surface area contributed by atoms with Gasteiger partial charge in [0.1, 0.15) is 18.3 Å². The van der Waals surface area contributed by atoms with Crippen molar-refractivity contribution in [1.29, 1.82) is 0 Å². The number of ether oxygens (including phenoxy) is 4. The maximum Gasteiger partial charge on any atom is 0.336 e. The zero-order valence-corrected chi connectivity index (χ0v) is 19.7. The number of benzene rings is 1. The second-order valence-electron chi connectivity index (χ2n) is 8.17. The molecule has 3 rings (SSSR count). The third-order valence-electron chi connectivity index (χ3n) is 5.99. The van der Waals surface area contributed by atoms with Gasteiger partial charge in [-0.3, -0.25) is 9.59 Å². The maximum atomic E-state index is 13.7. The van der Waals surface area contributed by atoms with Crippen molar-refractivity contribution in [3.05, 3.63) is 52.4 Å². The Hall–Kier alpha value is -3.13. The van der Waals surface area contributed by atoms with Crippen molar-refractivity contribution in [3.8, 4) is 5.75 Å². The molecule has 1 aromatic carbocycles. The Balaban J connectivity index is 2.13. The Morgan fingerprint density at radius 3 is 2.61 bits per heavy atom. The highest BCUT2D eigenvalue weighted by atomic mass is 16.6. The Kier molecular flexibility index (Phi) is 7.92. The summed E-state index contributed by atoms with van der Waals surface area (Å²) in [6.45, 7) is 6.34. The van der Waals surface area contributed by atoms with E-state index < -0.39 is 23.8 Å².